The Morgan fingerprint density at radius 1 is 1.12 bits per heavy atom. The van der Waals surface area contributed by atoms with Gasteiger partial charge in [0.15, 0.2) is 11.0 Å². The number of carbonyl (C=O) groups excluding carboxylic acids is 3. The van der Waals surface area contributed by atoms with Crippen LogP contribution in [0.25, 0.3) is 22.0 Å². The van der Waals surface area contributed by atoms with Gasteiger partial charge in [-0.2, -0.15) is 0 Å². The van der Waals surface area contributed by atoms with Gasteiger partial charge in [0.1, 0.15) is 0 Å². The molecule has 0 radical (unpaired) electrons. The Bertz CT molecular complexity index is 1180. The van der Waals surface area contributed by atoms with E-state index in [-0.39, 0.29) is 42.5 Å². The highest BCUT2D eigenvalue weighted by atomic mass is 32.1. The predicted molar refractivity (Wildman–Crippen MR) is 125 cm³/mol. The normalized spacial score (nSPS) is 20.2. The highest BCUT2D eigenvalue weighted by molar-refractivity contribution is 7.19. The lowest BCUT2D eigenvalue weighted by Crippen LogP contribution is -2.34. The topological polar surface area (TPSA) is 97.2 Å². The Morgan fingerprint density at radius 2 is 1.82 bits per heavy atom. The Kier molecular flexibility index (Phi) is 5.80. The van der Waals surface area contributed by atoms with Crippen molar-refractivity contribution in [2.45, 2.75) is 32.1 Å². The quantitative estimate of drug-likeness (QED) is 0.562. The number of likely N-dealkylation sites (tertiary alicyclic amines) is 1. The van der Waals surface area contributed by atoms with E-state index in [1.165, 1.54) is 16.2 Å². The highest BCUT2D eigenvalue weighted by Gasteiger charge is 2.47. The van der Waals surface area contributed by atoms with Gasteiger partial charge in [-0.05, 0) is 12.8 Å². The molecule has 170 valence electrons. The summed E-state index contributed by atoms with van der Waals surface area (Å²) in [6, 6.07) is 9.76. The molecule has 2 aromatic heterocycles. The molecule has 1 saturated heterocycles. The lowest BCUT2D eigenvalue weighted by atomic mass is 9.81. The second-order valence-electron chi connectivity index (χ2n) is 8.55. The summed E-state index contributed by atoms with van der Waals surface area (Å²) < 4.78 is 1.91. The van der Waals surface area contributed by atoms with Crippen LogP contribution in [-0.4, -0.2) is 43.7 Å². The number of imide groups is 1. The minimum atomic E-state index is -0.273. The number of thiazole rings is 1. The summed E-state index contributed by atoms with van der Waals surface area (Å²) in [5.74, 6) is -0.123. The number of benzene rings is 1. The van der Waals surface area contributed by atoms with Crippen LogP contribution in [0.3, 0.4) is 0 Å². The first kappa shape index (κ1) is 21.5. The van der Waals surface area contributed by atoms with Gasteiger partial charge >= 0.3 is 0 Å². The van der Waals surface area contributed by atoms with Crippen LogP contribution in [0, 0.1) is 11.8 Å². The summed E-state index contributed by atoms with van der Waals surface area (Å²) in [4.78, 5) is 49.2. The summed E-state index contributed by atoms with van der Waals surface area (Å²) in [6.07, 6.45) is 7.16. The van der Waals surface area contributed by atoms with E-state index in [4.69, 9.17) is 0 Å². The lowest BCUT2D eigenvalue weighted by molar-refractivity contribution is -0.140. The number of aryl methyl sites for hydroxylation is 1. The fraction of sp³-hybridized carbons (Fsp3) is 0.375. The molecule has 3 amide bonds. The highest BCUT2D eigenvalue weighted by Crippen LogP contribution is 2.39. The van der Waals surface area contributed by atoms with E-state index in [0.717, 1.165) is 47.6 Å². The third-order valence-electron chi connectivity index (χ3n) is 6.44. The first-order chi connectivity index (χ1) is 16.0. The van der Waals surface area contributed by atoms with E-state index in [0.29, 0.717) is 5.13 Å². The van der Waals surface area contributed by atoms with Crippen LogP contribution in [0.1, 0.15) is 32.1 Å². The van der Waals surface area contributed by atoms with Crippen LogP contribution in [0.2, 0.25) is 0 Å². The molecule has 1 aliphatic carbocycles. The van der Waals surface area contributed by atoms with Crippen molar-refractivity contribution in [1.29, 1.82) is 0 Å². The van der Waals surface area contributed by atoms with Crippen LogP contribution in [0.4, 0.5) is 5.13 Å². The van der Waals surface area contributed by atoms with Crippen molar-refractivity contribution in [3.63, 3.8) is 0 Å². The van der Waals surface area contributed by atoms with Gasteiger partial charge in [-0.25, -0.2) is 9.97 Å². The maximum Gasteiger partial charge on any atom is 0.233 e. The van der Waals surface area contributed by atoms with Crippen molar-refractivity contribution in [3.8, 4) is 22.0 Å². The Labute approximate surface area is 195 Å². The van der Waals surface area contributed by atoms with Crippen LogP contribution < -0.4 is 5.32 Å². The van der Waals surface area contributed by atoms with E-state index < -0.39 is 0 Å². The van der Waals surface area contributed by atoms with Crippen LogP contribution in [0.15, 0.2) is 42.7 Å². The number of nitrogens with one attached hydrogen (secondary N) is 1. The third kappa shape index (κ3) is 4.08. The molecule has 3 aromatic rings. The molecular formula is C24H25N5O3S. The summed E-state index contributed by atoms with van der Waals surface area (Å²) in [7, 11) is 1.91. The number of anilines is 1. The van der Waals surface area contributed by atoms with E-state index in [2.05, 4.69) is 15.3 Å². The summed E-state index contributed by atoms with van der Waals surface area (Å²) in [5, 5.41) is 3.32. The van der Waals surface area contributed by atoms with Crippen molar-refractivity contribution in [2.24, 2.45) is 18.9 Å². The molecule has 1 aromatic carbocycles. The minimum Gasteiger partial charge on any atom is -0.333 e. The zero-order valence-corrected chi connectivity index (χ0v) is 19.2. The second-order valence-corrected chi connectivity index (χ2v) is 9.55. The van der Waals surface area contributed by atoms with Gasteiger partial charge in [0, 0.05) is 38.0 Å². The molecule has 2 fully saturated rings. The molecule has 0 bridgehead atoms. The third-order valence-corrected chi connectivity index (χ3v) is 7.41. The van der Waals surface area contributed by atoms with Gasteiger partial charge in [0.2, 0.25) is 17.7 Å². The Morgan fingerprint density at radius 3 is 2.45 bits per heavy atom. The smallest absolute Gasteiger partial charge is 0.233 e. The molecular weight excluding hydrogens is 438 g/mol. The molecule has 2 atom stereocenters. The number of imidazole rings is 1. The van der Waals surface area contributed by atoms with Crippen LogP contribution >= 0.6 is 11.3 Å². The van der Waals surface area contributed by atoms with E-state index in [9.17, 15) is 14.4 Å². The number of hydrogen-bond acceptors (Lipinski definition) is 6. The number of hydrogen-bond donors (Lipinski definition) is 1. The largest absolute Gasteiger partial charge is 0.333 e. The predicted octanol–water partition coefficient (Wildman–Crippen LogP) is 3.71. The van der Waals surface area contributed by atoms with Crippen molar-refractivity contribution < 1.29 is 14.4 Å². The first-order valence-electron chi connectivity index (χ1n) is 11.2. The molecule has 2 unspecified atom stereocenters. The summed E-state index contributed by atoms with van der Waals surface area (Å²) >= 11 is 1.36. The van der Waals surface area contributed by atoms with E-state index >= 15 is 0 Å². The maximum absolute atomic E-state index is 12.7. The average molecular weight is 464 g/mol. The zero-order valence-electron chi connectivity index (χ0n) is 18.4. The van der Waals surface area contributed by atoms with Crippen molar-refractivity contribution >= 4 is 34.2 Å². The molecule has 1 aliphatic heterocycles. The number of aromatic nitrogens is 3. The molecule has 1 N–H and O–H groups in total. The number of amides is 3. The SMILES string of the molecule is Cn1ccnc1-c1sc(NC(=O)CCN2C(=O)C3CCCCC3C2=O)nc1-c1ccccc1. The Hall–Kier alpha value is -3.33. The molecule has 0 spiro atoms. The summed E-state index contributed by atoms with van der Waals surface area (Å²) in [6.45, 7) is 0.111. The van der Waals surface area contributed by atoms with Crippen LogP contribution in [0.5, 0.6) is 0 Å². The van der Waals surface area contributed by atoms with Gasteiger partial charge in [0.25, 0.3) is 0 Å². The van der Waals surface area contributed by atoms with Gasteiger partial charge in [-0.15, -0.1) is 0 Å². The average Bonchev–Trinajstić information content (AvgIpc) is 3.50. The van der Waals surface area contributed by atoms with Gasteiger partial charge in [-0.1, -0.05) is 54.5 Å². The second kappa shape index (κ2) is 8.90. The standard InChI is InChI=1S/C24H25N5O3S/c1-28-14-12-25-21(28)20-19(15-7-3-2-4-8-15)27-24(33-20)26-18(30)11-13-29-22(31)16-9-5-6-10-17(16)23(29)32/h2-4,7-8,12,14,16-17H,5-6,9-11,13H2,1H3,(H,26,27,30). The number of nitrogens with zero attached hydrogens (tertiary/aromatic N) is 4. The molecule has 8 nitrogen and oxygen atoms in total. The van der Waals surface area contributed by atoms with Crippen LogP contribution in [-0.2, 0) is 21.4 Å². The van der Waals surface area contributed by atoms with E-state index in [1.54, 1.807) is 6.20 Å². The summed E-state index contributed by atoms with van der Waals surface area (Å²) in [5.41, 5.74) is 1.68. The molecule has 2 aliphatic rings. The Balaban J connectivity index is 1.31. The molecule has 1 saturated carbocycles. The molecule has 3 heterocycles. The van der Waals surface area contributed by atoms with Gasteiger partial charge in [0.05, 0.1) is 22.4 Å². The number of rotatable bonds is 6. The monoisotopic (exact) mass is 463 g/mol. The minimum absolute atomic E-state index is 0.0505. The maximum atomic E-state index is 12.7. The molecule has 33 heavy (non-hydrogen) atoms. The molecule has 9 heteroatoms. The zero-order chi connectivity index (χ0) is 22.9. The van der Waals surface area contributed by atoms with Gasteiger partial charge in [-0.3, -0.25) is 19.3 Å². The lowest BCUT2D eigenvalue weighted by Gasteiger charge is -2.19. The van der Waals surface area contributed by atoms with Crippen molar-refractivity contribution in [1.82, 2.24) is 19.4 Å². The fourth-order valence-corrected chi connectivity index (χ4v) is 5.79. The van der Waals surface area contributed by atoms with Crippen molar-refractivity contribution in [2.75, 3.05) is 11.9 Å². The molecule has 5 rings (SSSR count). The number of fused-ring (bicyclic) bond motifs is 1. The van der Waals surface area contributed by atoms with E-state index in [1.807, 2.05) is 48.1 Å². The first-order valence-corrected chi connectivity index (χ1v) is 12.0. The number of carbonyl (C=O) groups is 3. The van der Waals surface area contributed by atoms with Gasteiger partial charge < -0.3 is 9.88 Å². The fourth-order valence-electron chi connectivity index (χ4n) is 4.75. The van der Waals surface area contributed by atoms with Crippen molar-refractivity contribution in [3.05, 3.63) is 42.7 Å².